The molecule has 2 heterocycles. The minimum Gasteiger partial charge on any atom is -0.504 e. The van der Waals surface area contributed by atoms with Crippen LogP contribution in [0.3, 0.4) is 0 Å². The number of hydrogen-bond donors (Lipinski definition) is 6. The van der Waals surface area contributed by atoms with Crippen LogP contribution in [0, 0.1) is 11.3 Å². The summed E-state index contributed by atoms with van der Waals surface area (Å²) in [6, 6.07) is 1.76. The van der Waals surface area contributed by atoms with Gasteiger partial charge in [0.25, 0.3) is 0 Å². The van der Waals surface area contributed by atoms with E-state index in [9.17, 15) is 30.6 Å². The molecule has 1 saturated heterocycles. The van der Waals surface area contributed by atoms with E-state index in [2.05, 4.69) is 13.8 Å². The highest BCUT2D eigenvalue weighted by molar-refractivity contribution is 5.58. The molecule has 5 rings (SSSR count). The van der Waals surface area contributed by atoms with Crippen LogP contribution in [0.1, 0.15) is 76.2 Å². The van der Waals surface area contributed by atoms with Gasteiger partial charge in [0.1, 0.15) is 24.4 Å². The molecule has 0 amide bonds. The van der Waals surface area contributed by atoms with Crippen LogP contribution in [0.5, 0.6) is 11.5 Å². The van der Waals surface area contributed by atoms with Crippen molar-refractivity contribution in [1.29, 1.82) is 0 Å². The summed E-state index contributed by atoms with van der Waals surface area (Å²) in [5, 5.41) is 65.3. The number of hydrogen-bond acceptors (Lipinski definition) is 9. The van der Waals surface area contributed by atoms with Gasteiger partial charge in [0.15, 0.2) is 11.5 Å². The van der Waals surface area contributed by atoms with Gasteiger partial charge in [-0.15, -0.1) is 0 Å². The van der Waals surface area contributed by atoms with E-state index in [1.54, 1.807) is 19.9 Å². The van der Waals surface area contributed by atoms with E-state index in [1.807, 2.05) is 0 Å². The standard InChI is InChI=1S/C26H38O9/c1-24(2)6-5-7-26(32)10-13-12(15(28)9-17(24)26)8-14-21(18(13)29)34-23-22(35-25(14,3)4)20(31)19(30)16(11-27)33-23/h8,15-17,19-20,22-23,27-32H,5-7,9-11H2,1-4H3/t15-,16+,17-,19+,20-,22+,23-,26+/m0/s1. The first-order chi connectivity index (χ1) is 16.3. The second-order valence-corrected chi connectivity index (χ2v) is 12.0. The van der Waals surface area contributed by atoms with E-state index in [1.165, 1.54) is 0 Å². The summed E-state index contributed by atoms with van der Waals surface area (Å²) in [6.45, 7) is 7.21. The third kappa shape index (κ3) is 3.87. The zero-order valence-electron chi connectivity index (χ0n) is 20.8. The normalized spacial score (nSPS) is 41.8. The van der Waals surface area contributed by atoms with Gasteiger partial charge in [-0.3, -0.25) is 0 Å². The molecule has 1 saturated carbocycles. The third-order valence-electron chi connectivity index (χ3n) is 8.86. The molecule has 196 valence electrons. The van der Waals surface area contributed by atoms with Crippen molar-refractivity contribution in [3.63, 3.8) is 0 Å². The number of ether oxygens (including phenoxy) is 3. The molecule has 0 spiro atoms. The Kier molecular flexibility index (Phi) is 5.96. The predicted octanol–water partition coefficient (Wildman–Crippen LogP) is 1.38. The number of aliphatic hydroxyl groups excluding tert-OH is 4. The number of aliphatic hydroxyl groups is 5. The van der Waals surface area contributed by atoms with E-state index in [-0.39, 0.29) is 29.3 Å². The average Bonchev–Trinajstić information content (AvgIpc) is 2.96. The smallest absolute Gasteiger partial charge is 0.229 e. The largest absolute Gasteiger partial charge is 0.504 e. The molecule has 2 aliphatic heterocycles. The molecular weight excluding hydrogens is 456 g/mol. The molecule has 6 N–H and O–H groups in total. The lowest BCUT2D eigenvalue weighted by molar-refractivity contribution is -0.299. The van der Waals surface area contributed by atoms with Crippen molar-refractivity contribution >= 4 is 0 Å². The Morgan fingerprint density at radius 1 is 1.06 bits per heavy atom. The molecule has 0 unspecified atom stereocenters. The summed E-state index contributed by atoms with van der Waals surface area (Å²) in [5.41, 5.74) is -0.914. The van der Waals surface area contributed by atoms with Crippen molar-refractivity contribution in [3.05, 3.63) is 22.8 Å². The van der Waals surface area contributed by atoms with Crippen molar-refractivity contribution in [2.45, 2.75) is 108 Å². The summed E-state index contributed by atoms with van der Waals surface area (Å²) in [4.78, 5) is 0. The van der Waals surface area contributed by atoms with Crippen molar-refractivity contribution < 1.29 is 44.8 Å². The maximum atomic E-state index is 11.8. The van der Waals surface area contributed by atoms with E-state index in [0.717, 1.165) is 12.8 Å². The maximum Gasteiger partial charge on any atom is 0.229 e. The fourth-order valence-electron chi connectivity index (χ4n) is 6.89. The molecule has 8 atom stereocenters. The predicted molar refractivity (Wildman–Crippen MR) is 124 cm³/mol. The number of aromatic hydroxyl groups is 1. The van der Waals surface area contributed by atoms with Crippen LogP contribution in [-0.4, -0.2) is 73.6 Å². The summed E-state index contributed by atoms with van der Waals surface area (Å²) < 4.78 is 18.0. The van der Waals surface area contributed by atoms with Crippen molar-refractivity contribution in [3.8, 4) is 11.5 Å². The Labute approximate surface area is 205 Å². The molecule has 4 aliphatic rings. The first-order valence-electron chi connectivity index (χ1n) is 12.6. The summed E-state index contributed by atoms with van der Waals surface area (Å²) in [5.74, 6) is -0.259. The van der Waals surface area contributed by atoms with Gasteiger partial charge in [-0.2, -0.15) is 0 Å². The van der Waals surface area contributed by atoms with Gasteiger partial charge in [-0.05, 0) is 56.1 Å². The van der Waals surface area contributed by atoms with Crippen LogP contribution in [0.25, 0.3) is 0 Å². The molecule has 9 nitrogen and oxygen atoms in total. The molecular formula is C26H38O9. The fraction of sp³-hybridized carbons (Fsp3) is 0.769. The zero-order chi connectivity index (χ0) is 25.5. The molecule has 0 radical (unpaired) electrons. The number of rotatable bonds is 1. The van der Waals surface area contributed by atoms with Gasteiger partial charge in [-0.1, -0.05) is 20.3 Å². The van der Waals surface area contributed by atoms with E-state index in [0.29, 0.717) is 29.5 Å². The number of phenols is 1. The quantitative estimate of drug-likeness (QED) is 0.340. The monoisotopic (exact) mass is 494 g/mol. The minimum absolute atomic E-state index is 0.0887. The van der Waals surface area contributed by atoms with Crippen molar-refractivity contribution in [1.82, 2.24) is 0 Å². The Balaban J connectivity index is 1.62. The van der Waals surface area contributed by atoms with E-state index < -0.39 is 54.6 Å². The first-order valence-corrected chi connectivity index (χ1v) is 12.6. The molecule has 1 aromatic rings. The Morgan fingerprint density at radius 2 is 1.77 bits per heavy atom. The van der Waals surface area contributed by atoms with Gasteiger partial charge in [0.2, 0.25) is 6.29 Å². The van der Waals surface area contributed by atoms with Gasteiger partial charge in [0.05, 0.1) is 23.9 Å². The SMILES string of the molecule is CC1(C)O[C@H]2[C@H](Oc3c1cc1c(c3O)C[C@]3(O)CCCC(C)(C)[C@@H]3C[C@@H]1O)O[C@H](CO)[C@@H](O)[C@@H]2O. The highest BCUT2D eigenvalue weighted by atomic mass is 16.7. The zero-order valence-corrected chi connectivity index (χ0v) is 20.8. The number of fused-ring (bicyclic) bond motifs is 4. The third-order valence-corrected chi connectivity index (χ3v) is 8.86. The molecule has 35 heavy (non-hydrogen) atoms. The van der Waals surface area contributed by atoms with Crippen LogP contribution in [0.2, 0.25) is 0 Å². The number of phenolic OH excluding ortho intramolecular Hbond substituents is 1. The first kappa shape index (κ1) is 25.2. The lowest BCUT2D eigenvalue weighted by Gasteiger charge is -2.49. The van der Waals surface area contributed by atoms with Crippen molar-refractivity contribution in [2.24, 2.45) is 11.3 Å². The fourth-order valence-corrected chi connectivity index (χ4v) is 6.89. The molecule has 9 heteroatoms. The lowest BCUT2D eigenvalue weighted by atomic mass is 9.59. The van der Waals surface area contributed by atoms with E-state index >= 15 is 0 Å². The Bertz CT molecular complexity index is 992. The van der Waals surface area contributed by atoms with Crippen LogP contribution in [0.4, 0.5) is 0 Å². The topological polar surface area (TPSA) is 149 Å². The average molecular weight is 495 g/mol. The maximum absolute atomic E-state index is 11.8. The van der Waals surface area contributed by atoms with Crippen LogP contribution in [-0.2, 0) is 21.5 Å². The molecule has 0 bridgehead atoms. The van der Waals surface area contributed by atoms with Gasteiger partial charge < -0.3 is 44.8 Å². The molecule has 2 fully saturated rings. The molecule has 2 aliphatic carbocycles. The minimum atomic E-state index is -1.39. The van der Waals surface area contributed by atoms with Crippen LogP contribution >= 0.6 is 0 Å². The molecule has 1 aromatic carbocycles. The summed E-state index contributed by atoms with van der Waals surface area (Å²) >= 11 is 0. The van der Waals surface area contributed by atoms with Gasteiger partial charge in [0, 0.05) is 17.5 Å². The lowest BCUT2D eigenvalue weighted by Crippen LogP contribution is -2.61. The van der Waals surface area contributed by atoms with E-state index in [4.69, 9.17) is 14.2 Å². The second-order valence-electron chi connectivity index (χ2n) is 12.0. The Morgan fingerprint density at radius 3 is 2.46 bits per heavy atom. The Hall–Kier alpha value is -1.46. The number of benzene rings is 1. The van der Waals surface area contributed by atoms with Crippen molar-refractivity contribution in [2.75, 3.05) is 6.61 Å². The molecule has 0 aromatic heterocycles. The highest BCUT2D eigenvalue weighted by Crippen LogP contribution is 2.56. The van der Waals surface area contributed by atoms with Crippen LogP contribution in [0.15, 0.2) is 6.07 Å². The summed E-state index contributed by atoms with van der Waals surface area (Å²) in [7, 11) is 0. The van der Waals surface area contributed by atoms with Gasteiger partial charge >= 0.3 is 0 Å². The summed E-state index contributed by atoms with van der Waals surface area (Å²) in [6.07, 6.45) is -4.12. The highest BCUT2D eigenvalue weighted by Gasteiger charge is 2.54. The van der Waals surface area contributed by atoms with Gasteiger partial charge in [-0.25, -0.2) is 0 Å². The van der Waals surface area contributed by atoms with Crippen LogP contribution < -0.4 is 4.74 Å². The second kappa shape index (κ2) is 8.28.